The fourth-order valence-electron chi connectivity index (χ4n) is 8.58. The van der Waals surface area contributed by atoms with Gasteiger partial charge in [-0.3, -0.25) is 24.4 Å². The lowest BCUT2D eigenvalue weighted by atomic mass is 9.84. The number of carbonyl (C=O) groups excluding carboxylic acids is 4. The van der Waals surface area contributed by atoms with Gasteiger partial charge in [0.25, 0.3) is 12.4 Å². The number of ether oxygens (including phenoxy) is 2. The molecular formula is C45H62N8O7S. The Labute approximate surface area is 362 Å². The van der Waals surface area contributed by atoms with Crippen LogP contribution in [0.3, 0.4) is 0 Å². The number of aromatic nitrogens is 3. The van der Waals surface area contributed by atoms with E-state index >= 15 is 0 Å². The molecule has 2 saturated heterocycles. The van der Waals surface area contributed by atoms with Gasteiger partial charge < -0.3 is 34.3 Å². The largest absolute Gasteiger partial charge is 0.467 e. The number of hydrazine groups is 1. The molecule has 61 heavy (non-hydrogen) atoms. The summed E-state index contributed by atoms with van der Waals surface area (Å²) < 4.78 is 13.4. The molecule has 0 bridgehead atoms. The highest BCUT2D eigenvalue weighted by Gasteiger charge is 2.39. The number of likely N-dealkylation sites (tertiary alicyclic amines) is 1. The van der Waals surface area contributed by atoms with Crippen molar-refractivity contribution in [1.82, 2.24) is 40.1 Å². The molecule has 2 fully saturated rings. The molecule has 3 aromatic heterocycles. The zero-order valence-electron chi connectivity index (χ0n) is 36.8. The normalized spacial score (nSPS) is 16.3. The third-order valence-corrected chi connectivity index (χ3v) is 12.7. The number of benzene rings is 1. The summed E-state index contributed by atoms with van der Waals surface area (Å²) in [7, 11) is 3.29. The average molecular weight is 859 g/mol. The second-order valence-electron chi connectivity index (χ2n) is 17.4. The van der Waals surface area contributed by atoms with Crippen LogP contribution in [0.2, 0.25) is 0 Å². The maximum absolute atomic E-state index is 14.1. The summed E-state index contributed by atoms with van der Waals surface area (Å²) in [5.74, 6) is -0.868. The van der Waals surface area contributed by atoms with Gasteiger partial charge in [0.1, 0.15) is 12.1 Å². The van der Waals surface area contributed by atoms with Gasteiger partial charge in [-0.1, -0.05) is 33.8 Å². The molecule has 0 aliphatic carbocycles. The number of thiazole rings is 1. The summed E-state index contributed by atoms with van der Waals surface area (Å²) in [6, 6.07) is 8.32. The SMILES string of the molecule is CCn1c(-c2cccnc2C(C)OC)c(CC(C)(C)COC=O)c2cc(-c3csc(CC(NC(=O)C(C(C)C)N(C)C(=O)N4CC(CO)C4)C(=O)N4CCCCN4)n3)ccc21. The zero-order chi connectivity index (χ0) is 44.0. The lowest BCUT2D eigenvalue weighted by Gasteiger charge is -2.42. The van der Waals surface area contributed by atoms with Crippen LogP contribution < -0.4 is 10.7 Å². The number of hydrogen-bond donors (Lipinski definition) is 3. The lowest BCUT2D eigenvalue weighted by molar-refractivity contribution is -0.141. The Bertz CT molecular complexity index is 2170. The number of aryl methyl sites for hydroxylation is 1. The fraction of sp³-hybridized carbons (Fsp3) is 0.556. The smallest absolute Gasteiger partial charge is 0.320 e. The number of amides is 4. The number of fused-ring (bicyclic) bond motifs is 1. The van der Waals surface area contributed by atoms with Gasteiger partial charge in [-0.2, -0.15) is 0 Å². The molecule has 4 amide bonds. The summed E-state index contributed by atoms with van der Waals surface area (Å²) >= 11 is 1.43. The van der Waals surface area contributed by atoms with Crippen LogP contribution in [0.1, 0.15) is 76.8 Å². The van der Waals surface area contributed by atoms with E-state index in [0.29, 0.717) is 50.6 Å². The van der Waals surface area contributed by atoms with Gasteiger partial charge in [0.15, 0.2) is 0 Å². The summed E-state index contributed by atoms with van der Waals surface area (Å²) in [5.41, 5.74) is 9.42. The van der Waals surface area contributed by atoms with E-state index < -0.39 is 23.4 Å². The van der Waals surface area contributed by atoms with Gasteiger partial charge in [-0.25, -0.2) is 15.2 Å². The first-order valence-electron chi connectivity index (χ1n) is 21.3. The van der Waals surface area contributed by atoms with Crippen molar-refractivity contribution in [2.24, 2.45) is 17.3 Å². The van der Waals surface area contributed by atoms with Gasteiger partial charge in [-0.05, 0) is 68.9 Å². The van der Waals surface area contributed by atoms with Crippen molar-refractivity contribution in [3.8, 4) is 22.5 Å². The molecule has 0 saturated carbocycles. The number of hydrogen-bond acceptors (Lipinski definition) is 11. The van der Waals surface area contributed by atoms with Gasteiger partial charge in [-0.15, -0.1) is 11.3 Å². The molecule has 6 rings (SSSR count). The summed E-state index contributed by atoms with van der Waals surface area (Å²) in [5, 5.41) is 17.8. The molecule has 16 heteroatoms. The van der Waals surface area contributed by atoms with Crippen molar-refractivity contribution in [2.75, 3.05) is 53.6 Å². The molecule has 0 spiro atoms. The van der Waals surface area contributed by atoms with Crippen LogP contribution in [0.4, 0.5) is 4.79 Å². The van der Waals surface area contributed by atoms with Crippen molar-refractivity contribution in [2.45, 2.75) is 92.0 Å². The predicted octanol–water partition coefficient (Wildman–Crippen LogP) is 5.45. The summed E-state index contributed by atoms with van der Waals surface area (Å²) in [6.07, 6.45) is 4.09. The molecule has 3 unspecified atom stereocenters. The molecule has 3 N–H and O–H groups in total. The Kier molecular flexibility index (Phi) is 14.9. The van der Waals surface area contributed by atoms with E-state index in [4.69, 9.17) is 19.4 Å². The Hall–Kier alpha value is -4.90. The minimum atomic E-state index is -0.932. The number of pyridine rings is 1. The monoisotopic (exact) mass is 858 g/mol. The number of urea groups is 1. The number of rotatable bonds is 18. The molecule has 1 aromatic carbocycles. The van der Waals surface area contributed by atoms with Gasteiger partial charge in [0.05, 0.1) is 34.8 Å². The maximum Gasteiger partial charge on any atom is 0.320 e. The van der Waals surface area contributed by atoms with Crippen LogP contribution in [0.5, 0.6) is 0 Å². The number of aliphatic hydroxyl groups excluding tert-OH is 1. The van der Waals surface area contributed by atoms with Crippen LogP contribution in [0.25, 0.3) is 33.4 Å². The quantitative estimate of drug-likeness (QED) is 0.109. The predicted molar refractivity (Wildman–Crippen MR) is 235 cm³/mol. The summed E-state index contributed by atoms with van der Waals surface area (Å²) in [4.78, 5) is 65.8. The topological polar surface area (TPSA) is 171 Å². The van der Waals surface area contributed by atoms with E-state index in [1.54, 1.807) is 30.3 Å². The fourth-order valence-corrected chi connectivity index (χ4v) is 9.43. The highest BCUT2D eigenvalue weighted by Crippen LogP contribution is 2.42. The van der Waals surface area contributed by atoms with E-state index in [1.807, 2.05) is 32.2 Å². The van der Waals surface area contributed by atoms with E-state index in [-0.39, 0.29) is 49.5 Å². The number of carbonyl (C=O) groups is 4. The molecule has 4 aromatic rings. The third kappa shape index (κ3) is 10.1. The minimum absolute atomic E-state index is 0.0105. The Morgan fingerprint density at radius 3 is 2.59 bits per heavy atom. The Morgan fingerprint density at radius 1 is 1.16 bits per heavy atom. The van der Waals surface area contributed by atoms with E-state index in [1.165, 1.54) is 16.2 Å². The zero-order valence-corrected chi connectivity index (χ0v) is 37.6. The number of nitrogens with zero attached hydrogens (tertiary/aromatic N) is 6. The highest BCUT2D eigenvalue weighted by molar-refractivity contribution is 7.10. The van der Waals surface area contributed by atoms with E-state index in [0.717, 1.165) is 57.5 Å². The first-order valence-corrected chi connectivity index (χ1v) is 22.2. The molecule has 0 radical (unpaired) electrons. The number of aliphatic hydroxyl groups is 1. The minimum Gasteiger partial charge on any atom is -0.467 e. The van der Waals surface area contributed by atoms with Crippen molar-refractivity contribution in [3.05, 3.63) is 58.2 Å². The maximum atomic E-state index is 14.1. The lowest BCUT2D eigenvalue weighted by Crippen LogP contribution is -2.62. The van der Waals surface area contributed by atoms with Crippen LogP contribution in [0.15, 0.2) is 41.9 Å². The van der Waals surface area contributed by atoms with Gasteiger partial charge in [0, 0.05) is 105 Å². The van der Waals surface area contributed by atoms with Crippen molar-refractivity contribution in [1.29, 1.82) is 0 Å². The third-order valence-electron chi connectivity index (χ3n) is 11.8. The number of likely N-dealkylation sites (N-methyl/N-ethyl adjacent to an activating group) is 1. The van der Waals surface area contributed by atoms with Crippen LogP contribution in [0, 0.1) is 17.3 Å². The first-order chi connectivity index (χ1) is 29.2. The number of methoxy groups -OCH3 is 1. The second-order valence-corrected chi connectivity index (χ2v) is 18.3. The molecule has 2 aliphatic rings. The average Bonchev–Trinajstić information content (AvgIpc) is 3.83. The molecule has 330 valence electrons. The number of nitrogens with one attached hydrogen (secondary N) is 2. The van der Waals surface area contributed by atoms with E-state index in [2.05, 4.69) is 60.3 Å². The van der Waals surface area contributed by atoms with Crippen LogP contribution in [-0.2, 0) is 43.2 Å². The summed E-state index contributed by atoms with van der Waals surface area (Å²) in [6.45, 7) is 15.5. The second kappa shape index (κ2) is 19.9. The van der Waals surface area contributed by atoms with Crippen molar-refractivity contribution < 1.29 is 33.8 Å². The highest BCUT2D eigenvalue weighted by atomic mass is 32.1. The molecular weight excluding hydrogens is 797 g/mol. The molecule has 2 aliphatic heterocycles. The van der Waals surface area contributed by atoms with E-state index in [9.17, 15) is 24.3 Å². The van der Waals surface area contributed by atoms with Crippen molar-refractivity contribution >= 4 is 46.6 Å². The van der Waals surface area contributed by atoms with Crippen LogP contribution >= 0.6 is 11.3 Å². The molecule has 15 nitrogen and oxygen atoms in total. The van der Waals surface area contributed by atoms with Gasteiger partial charge >= 0.3 is 6.03 Å². The molecule has 5 heterocycles. The molecule has 3 atom stereocenters. The Morgan fingerprint density at radius 2 is 1.93 bits per heavy atom. The Balaban J connectivity index is 1.34. The van der Waals surface area contributed by atoms with Crippen LogP contribution in [-0.4, -0.2) is 124 Å². The first kappa shape index (κ1) is 45.6. The van der Waals surface area contributed by atoms with Crippen molar-refractivity contribution in [3.63, 3.8) is 0 Å². The standard InChI is InChI=1S/C45H62N8O7S/c1-9-52-37-15-14-31(19-33(37)34(21-45(5,6)26-60-27-55)41(52)32-13-12-16-46-39(32)29(4)59-8)36-25-61-38(48-36)20-35(43(57)53-18-11-10-17-47-53)49-42(56)40(28(2)3)50(7)44(58)51-22-30(23-51)24-54/h12-16,19,25,27-30,35,40,47,54H,9-11,17-18,20-24,26H2,1-8H3,(H,49,56). The van der Waals surface area contributed by atoms with Gasteiger partial charge in [0.2, 0.25) is 5.91 Å².